The Kier molecular flexibility index (Phi) is 4.91. The van der Waals surface area contributed by atoms with Crippen LogP contribution in [0.2, 0.25) is 0 Å². The average Bonchev–Trinajstić information content (AvgIpc) is 2.75. The standard InChI is InChI=1S/C16H28N2O3/c1-12(2)16(3,15(20)21)10-14(19)18-9-5-8-17-7-4-6-13(17)11-18/h12-13H,4-11H2,1-3H3,(H,20,21). The predicted molar refractivity (Wildman–Crippen MR) is 81.0 cm³/mol. The van der Waals surface area contributed by atoms with E-state index in [1.807, 2.05) is 18.7 Å². The van der Waals surface area contributed by atoms with Gasteiger partial charge >= 0.3 is 5.97 Å². The number of aliphatic carboxylic acids is 1. The third-order valence-corrected chi connectivity index (χ3v) is 5.44. The van der Waals surface area contributed by atoms with Crippen molar-refractivity contribution in [1.29, 1.82) is 0 Å². The minimum atomic E-state index is -0.973. The molecule has 2 unspecified atom stereocenters. The van der Waals surface area contributed by atoms with E-state index >= 15 is 0 Å². The second kappa shape index (κ2) is 6.34. The van der Waals surface area contributed by atoms with E-state index in [0.717, 1.165) is 39.0 Å². The van der Waals surface area contributed by atoms with Crippen LogP contribution in [0.25, 0.3) is 0 Å². The zero-order chi connectivity index (χ0) is 15.6. The normalized spacial score (nSPS) is 26.3. The van der Waals surface area contributed by atoms with Gasteiger partial charge in [0.25, 0.3) is 0 Å². The van der Waals surface area contributed by atoms with Crippen LogP contribution in [0.3, 0.4) is 0 Å². The van der Waals surface area contributed by atoms with Crippen molar-refractivity contribution in [2.24, 2.45) is 11.3 Å². The fourth-order valence-corrected chi connectivity index (χ4v) is 3.39. The summed E-state index contributed by atoms with van der Waals surface area (Å²) in [6.07, 6.45) is 3.47. The van der Waals surface area contributed by atoms with Gasteiger partial charge in [-0.15, -0.1) is 0 Å². The summed E-state index contributed by atoms with van der Waals surface area (Å²) in [5.41, 5.74) is -0.973. The third-order valence-electron chi connectivity index (χ3n) is 5.44. The van der Waals surface area contributed by atoms with Crippen LogP contribution >= 0.6 is 0 Å². The van der Waals surface area contributed by atoms with Crippen molar-refractivity contribution in [1.82, 2.24) is 9.80 Å². The molecule has 0 spiro atoms. The molecule has 0 aromatic rings. The average molecular weight is 296 g/mol. The lowest BCUT2D eigenvalue weighted by Crippen LogP contribution is -2.44. The van der Waals surface area contributed by atoms with E-state index in [-0.39, 0.29) is 18.2 Å². The number of hydrogen-bond donors (Lipinski definition) is 1. The van der Waals surface area contributed by atoms with E-state index in [1.165, 1.54) is 6.42 Å². The molecule has 2 aliphatic heterocycles. The SMILES string of the molecule is CC(C)C(C)(CC(=O)N1CCCN2CCCC2C1)C(=O)O. The van der Waals surface area contributed by atoms with Crippen LogP contribution in [-0.2, 0) is 9.59 Å². The third kappa shape index (κ3) is 3.39. The summed E-state index contributed by atoms with van der Waals surface area (Å²) in [6, 6.07) is 0.478. The number of nitrogens with zero attached hydrogens (tertiary/aromatic N) is 2. The first-order valence-corrected chi connectivity index (χ1v) is 8.10. The number of carboxylic acids is 1. The maximum absolute atomic E-state index is 12.6. The Balaban J connectivity index is 2.03. The Labute approximate surface area is 127 Å². The van der Waals surface area contributed by atoms with Crippen molar-refractivity contribution >= 4 is 11.9 Å². The van der Waals surface area contributed by atoms with Crippen LogP contribution in [-0.4, -0.2) is 59.0 Å². The number of carbonyl (C=O) groups excluding carboxylic acids is 1. The van der Waals surface area contributed by atoms with E-state index in [0.29, 0.717) is 6.04 Å². The number of rotatable bonds is 4. The molecule has 2 aliphatic rings. The molecule has 2 rings (SSSR count). The molecule has 120 valence electrons. The van der Waals surface area contributed by atoms with Gasteiger partial charge in [0.1, 0.15) is 0 Å². The Morgan fingerprint density at radius 3 is 2.52 bits per heavy atom. The first-order valence-electron chi connectivity index (χ1n) is 8.10. The lowest BCUT2D eigenvalue weighted by molar-refractivity contribution is -0.155. The largest absolute Gasteiger partial charge is 0.481 e. The molecule has 0 saturated carbocycles. The summed E-state index contributed by atoms with van der Waals surface area (Å²) in [7, 11) is 0. The second-order valence-electron chi connectivity index (χ2n) is 7.08. The highest BCUT2D eigenvalue weighted by Crippen LogP contribution is 2.32. The lowest BCUT2D eigenvalue weighted by atomic mass is 9.76. The van der Waals surface area contributed by atoms with Crippen LogP contribution in [0.4, 0.5) is 0 Å². The van der Waals surface area contributed by atoms with Crippen molar-refractivity contribution in [3.8, 4) is 0 Å². The molecule has 5 heteroatoms. The van der Waals surface area contributed by atoms with E-state index in [1.54, 1.807) is 6.92 Å². The molecule has 0 aliphatic carbocycles. The van der Waals surface area contributed by atoms with E-state index in [9.17, 15) is 14.7 Å². The van der Waals surface area contributed by atoms with Gasteiger partial charge in [-0.1, -0.05) is 13.8 Å². The van der Waals surface area contributed by atoms with Gasteiger partial charge in [-0.05, 0) is 38.6 Å². The quantitative estimate of drug-likeness (QED) is 0.859. The molecular formula is C16H28N2O3. The topological polar surface area (TPSA) is 60.9 Å². The molecule has 2 saturated heterocycles. The van der Waals surface area contributed by atoms with Gasteiger partial charge in [0.15, 0.2) is 0 Å². The highest BCUT2D eigenvalue weighted by Gasteiger charge is 2.40. The van der Waals surface area contributed by atoms with Crippen LogP contribution < -0.4 is 0 Å². The smallest absolute Gasteiger partial charge is 0.310 e. The molecule has 5 nitrogen and oxygen atoms in total. The van der Waals surface area contributed by atoms with E-state index in [4.69, 9.17) is 0 Å². The molecule has 0 aromatic heterocycles. The molecule has 1 N–H and O–H groups in total. The maximum Gasteiger partial charge on any atom is 0.310 e. The maximum atomic E-state index is 12.6. The van der Waals surface area contributed by atoms with Crippen LogP contribution in [0.1, 0.15) is 46.5 Å². The van der Waals surface area contributed by atoms with Crippen molar-refractivity contribution in [3.63, 3.8) is 0 Å². The zero-order valence-electron chi connectivity index (χ0n) is 13.5. The summed E-state index contributed by atoms with van der Waals surface area (Å²) in [5.74, 6) is -0.931. The molecule has 2 fully saturated rings. The van der Waals surface area contributed by atoms with Gasteiger partial charge in [0, 0.05) is 32.1 Å². The lowest BCUT2D eigenvalue weighted by Gasteiger charge is -2.32. The first kappa shape index (κ1) is 16.3. The van der Waals surface area contributed by atoms with Crippen LogP contribution in [0.5, 0.6) is 0 Å². The first-order chi connectivity index (χ1) is 9.84. The van der Waals surface area contributed by atoms with Crippen molar-refractivity contribution in [2.75, 3.05) is 26.2 Å². The number of amides is 1. The fraction of sp³-hybridized carbons (Fsp3) is 0.875. The predicted octanol–water partition coefficient (Wildman–Crippen LogP) is 1.82. The number of carbonyl (C=O) groups is 2. The van der Waals surface area contributed by atoms with Gasteiger partial charge in [0.05, 0.1) is 5.41 Å². The van der Waals surface area contributed by atoms with Gasteiger partial charge in [-0.25, -0.2) is 0 Å². The van der Waals surface area contributed by atoms with Crippen molar-refractivity contribution in [2.45, 2.75) is 52.5 Å². The summed E-state index contributed by atoms with van der Waals surface area (Å²) >= 11 is 0. The second-order valence-corrected chi connectivity index (χ2v) is 7.08. The van der Waals surface area contributed by atoms with Crippen molar-refractivity contribution in [3.05, 3.63) is 0 Å². The van der Waals surface area contributed by atoms with E-state index in [2.05, 4.69) is 4.90 Å². The van der Waals surface area contributed by atoms with Crippen LogP contribution in [0.15, 0.2) is 0 Å². The molecule has 1 amide bonds. The summed E-state index contributed by atoms with van der Waals surface area (Å²) in [5, 5.41) is 9.48. The number of fused-ring (bicyclic) bond motifs is 1. The molecule has 0 aromatic carbocycles. The summed E-state index contributed by atoms with van der Waals surface area (Å²) in [6.45, 7) is 9.19. The van der Waals surface area contributed by atoms with Crippen molar-refractivity contribution < 1.29 is 14.7 Å². The number of hydrogen-bond acceptors (Lipinski definition) is 3. The summed E-state index contributed by atoms with van der Waals surface area (Å²) < 4.78 is 0. The van der Waals surface area contributed by atoms with Gasteiger partial charge < -0.3 is 10.0 Å². The molecule has 2 heterocycles. The summed E-state index contributed by atoms with van der Waals surface area (Å²) in [4.78, 5) is 28.5. The zero-order valence-corrected chi connectivity index (χ0v) is 13.5. The Hall–Kier alpha value is -1.10. The fourth-order valence-electron chi connectivity index (χ4n) is 3.39. The van der Waals surface area contributed by atoms with E-state index < -0.39 is 11.4 Å². The molecule has 21 heavy (non-hydrogen) atoms. The van der Waals surface area contributed by atoms with Crippen LogP contribution in [0, 0.1) is 11.3 Å². The molecule has 2 atom stereocenters. The molecule has 0 bridgehead atoms. The van der Waals surface area contributed by atoms with Gasteiger partial charge in [-0.2, -0.15) is 0 Å². The Morgan fingerprint density at radius 1 is 1.24 bits per heavy atom. The minimum absolute atomic E-state index is 0.00218. The van der Waals surface area contributed by atoms with Gasteiger partial charge in [-0.3, -0.25) is 14.5 Å². The monoisotopic (exact) mass is 296 g/mol. The van der Waals surface area contributed by atoms with Gasteiger partial charge in [0.2, 0.25) is 5.91 Å². The highest BCUT2D eigenvalue weighted by atomic mass is 16.4. The Morgan fingerprint density at radius 2 is 1.90 bits per heavy atom. The Bertz CT molecular complexity index is 410. The number of carboxylic acid groups (broad SMARTS) is 1. The molecule has 0 radical (unpaired) electrons. The minimum Gasteiger partial charge on any atom is -0.481 e. The molecular weight excluding hydrogens is 268 g/mol. The highest BCUT2D eigenvalue weighted by molar-refractivity contribution is 5.85.